The predicted octanol–water partition coefficient (Wildman–Crippen LogP) is 3.58. The number of aryl methyl sites for hydroxylation is 2. The molecule has 2 aromatic carbocycles. The molecule has 2 amide bonds. The molecule has 0 saturated carbocycles. The van der Waals surface area contributed by atoms with Gasteiger partial charge in [0.1, 0.15) is 6.33 Å². The van der Waals surface area contributed by atoms with E-state index in [1.807, 2.05) is 66.9 Å². The Bertz CT molecular complexity index is 985. The van der Waals surface area contributed by atoms with E-state index in [4.69, 9.17) is 0 Å². The van der Waals surface area contributed by atoms with Gasteiger partial charge in [-0.25, -0.2) is 0 Å². The third-order valence-corrected chi connectivity index (χ3v) is 5.10. The van der Waals surface area contributed by atoms with Crippen LogP contribution in [0.15, 0.2) is 54.9 Å². The monoisotopic (exact) mass is 409 g/mol. The second-order valence-corrected chi connectivity index (χ2v) is 7.46. The lowest BCUT2D eigenvalue weighted by Gasteiger charge is -2.08. The van der Waals surface area contributed by atoms with Crippen molar-refractivity contribution in [2.45, 2.75) is 20.4 Å². The molecule has 1 aromatic heterocycles. The van der Waals surface area contributed by atoms with E-state index >= 15 is 0 Å². The van der Waals surface area contributed by atoms with E-state index in [0.717, 1.165) is 29.2 Å². The average Bonchev–Trinajstić information content (AvgIpc) is 3.19. The Morgan fingerprint density at radius 3 is 2.38 bits per heavy atom. The van der Waals surface area contributed by atoms with Gasteiger partial charge < -0.3 is 15.2 Å². The molecule has 0 fully saturated rings. The van der Waals surface area contributed by atoms with Crippen LogP contribution in [0.5, 0.6) is 0 Å². The summed E-state index contributed by atoms with van der Waals surface area (Å²) in [5.41, 5.74) is 3.45. The SMILES string of the molecule is CCn1cnnc1-c1cccc(NC(=O)CSCC(=O)Nc2ccc(C)cc2)c1. The second-order valence-electron chi connectivity index (χ2n) is 6.48. The molecule has 8 heteroatoms. The summed E-state index contributed by atoms with van der Waals surface area (Å²) < 4.78 is 1.93. The van der Waals surface area contributed by atoms with E-state index in [1.54, 1.807) is 6.33 Å². The number of aromatic nitrogens is 3. The topological polar surface area (TPSA) is 88.9 Å². The number of hydrogen-bond acceptors (Lipinski definition) is 5. The maximum absolute atomic E-state index is 12.2. The number of benzene rings is 2. The van der Waals surface area contributed by atoms with Gasteiger partial charge in [0.05, 0.1) is 11.5 Å². The van der Waals surface area contributed by atoms with Crippen LogP contribution in [0, 0.1) is 6.92 Å². The standard InChI is InChI=1S/C21H23N5O2S/c1-3-26-14-22-25-21(26)16-5-4-6-18(11-16)24-20(28)13-29-12-19(27)23-17-9-7-15(2)8-10-17/h4-11,14H,3,12-13H2,1-2H3,(H,23,27)(H,24,28). The molecule has 0 aliphatic carbocycles. The normalized spacial score (nSPS) is 10.6. The molecule has 0 unspecified atom stereocenters. The molecule has 0 aliphatic heterocycles. The number of thioether (sulfide) groups is 1. The van der Waals surface area contributed by atoms with Crippen molar-refractivity contribution in [3.8, 4) is 11.4 Å². The molecule has 0 aliphatic rings. The third kappa shape index (κ3) is 5.92. The first-order valence-corrected chi connectivity index (χ1v) is 10.4. The molecule has 0 atom stereocenters. The van der Waals surface area contributed by atoms with Crippen LogP contribution in [-0.2, 0) is 16.1 Å². The highest BCUT2D eigenvalue weighted by Gasteiger charge is 2.09. The zero-order chi connectivity index (χ0) is 20.6. The first kappa shape index (κ1) is 20.6. The van der Waals surface area contributed by atoms with E-state index in [2.05, 4.69) is 20.8 Å². The van der Waals surface area contributed by atoms with Crippen LogP contribution in [0.4, 0.5) is 11.4 Å². The van der Waals surface area contributed by atoms with Crippen LogP contribution in [0.3, 0.4) is 0 Å². The van der Waals surface area contributed by atoms with Crippen molar-refractivity contribution in [3.63, 3.8) is 0 Å². The number of carbonyl (C=O) groups is 2. The summed E-state index contributed by atoms with van der Waals surface area (Å²) in [4.78, 5) is 24.2. The number of carbonyl (C=O) groups excluding carboxylic acids is 2. The molecule has 0 spiro atoms. The first-order valence-electron chi connectivity index (χ1n) is 9.27. The van der Waals surface area contributed by atoms with E-state index < -0.39 is 0 Å². The molecule has 2 N–H and O–H groups in total. The Morgan fingerprint density at radius 1 is 1.00 bits per heavy atom. The number of nitrogens with one attached hydrogen (secondary N) is 2. The van der Waals surface area contributed by atoms with E-state index in [-0.39, 0.29) is 23.3 Å². The van der Waals surface area contributed by atoms with Gasteiger partial charge in [-0.05, 0) is 38.1 Å². The Labute approximate surface area is 173 Å². The lowest BCUT2D eigenvalue weighted by Crippen LogP contribution is -2.18. The van der Waals surface area contributed by atoms with Gasteiger partial charge in [0.25, 0.3) is 0 Å². The zero-order valence-electron chi connectivity index (χ0n) is 16.4. The summed E-state index contributed by atoms with van der Waals surface area (Å²) in [6.07, 6.45) is 1.68. The zero-order valence-corrected chi connectivity index (χ0v) is 17.2. The second kappa shape index (κ2) is 9.88. The number of anilines is 2. The maximum Gasteiger partial charge on any atom is 0.234 e. The minimum Gasteiger partial charge on any atom is -0.325 e. The number of hydrogen-bond donors (Lipinski definition) is 2. The molecule has 3 rings (SSSR count). The number of amides is 2. The Balaban J connectivity index is 1.48. The number of nitrogens with zero attached hydrogens (tertiary/aromatic N) is 3. The summed E-state index contributed by atoms with van der Waals surface area (Å²) in [6.45, 7) is 4.77. The lowest BCUT2D eigenvalue weighted by atomic mass is 10.2. The first-order chi connectivity index (χ1) is 14.0. The van der Waals surface area contributed by atoms with Crippen molar-refractivity contribution in [3.05, 3.63) is 60.4 Å². The Morgan fingerprint density at radius 2 is 1.69 bits per heavy atom. The van der Waals surface area contributed by atoms with Crippen LogP contribution in [0.2, 0.25) is 0 Å². The van der Waals surface area contributed by atoms with Gasteiger partial charge in [0.15, 0.2) is 5.82 Å². The summed E-state index contributed by atoms with van der Waals surface area (Å²) in [5, 5.41) is 13.8. The fourth-order valence-corrected chi connectivity index (χ4v) is 3.33. The van der Waals surface area contributed by atoms with Crippen LogP contribution >= 0.6 is 11.8 Å². The largest absolute Gasteiger partial charge is 0.325 e. The highest BCUT2D eigenvalue weighted by molar-refractivity contribution is 8.00. The van der Waals surface area contributed by atoms with E-state index in [0.29, 0.717) is 5.69 Å². The molecule has 0 saturated heterocycles. The van der Waals surface area contributed by atoms with Crippen LogP contribution < -0.4 is 10.6 Å². The molecular formula is C21H23N5O2S. The van der Waals surface area contributed by atoms with Gasteiger partial charge >= 0.3 is 0 Å². The van der Waals surface area contributed by atoms with Crippen molar-refractivity contribution in [2.75, 3.05) is 22.1 Å². The van der Waals surface area contributed by atoms with Gasteiger partial charge in [-0.15, -0.1) is 22.0 Å². The van der Waals surface area contributed by atoms with Crippen molar-refractivity contribution >= 4 is 35.0 Å². The van der Waals surface area contributed by atoms with Crippen molar-refractivity contribution in [1.82, 2.24) is 14.8 Å². The molecule has 3 aromatic rings. The Hall–Kier alpha value is -3.13. The fraction of sp³-hybridized carbons (Fsp3) is 0.238. The smallest absolute Gasteiger partial charge is 0.234 e. The predicted molar refractivity (Wildman–Crippen MR) is 117 cm³/mol. The number of rotatable bonds is 8. The summed E-state index contributed by atoms with van der Waals surface area (Å²) >= 11 is 1.27. The molecule has 0 radical (unpaired) electrons. The Kier molecular flexibility index (Phi) is 7.02. The van der Waals surface area contributed by atoms with Crippen molar-refractivity contribution in [2.24, 2.45) is 0 Å². The average molecular weight is 410 g/mol. The van der Waals surface area contributed by atoms with Gasteiger partial charge in [0, 0.05) is 23.5 Å². The molecular weight excluding hydrogens is 386 g/mol. The van der Waals surface area contributed by atoms with Crippen LogP contribution in [-0.4, -0.2) is 38.1 Å². The maximum atomic E-state index is 12.2. The highest BCUT2D eigenvalue weighted by atomic mass is 32.2. The van der Waals surface area contributed by atoms with Gasteiger partial charge in [0.2, 0.25) is 11.8 Å². The van der Waals surface area contributed by atoms with Crippen molar-refractivity contribution < 1.29 is 9.59 Å². The van der Waals surface area contributed by atoms with E-state index in [1.165, 1.54) is 11.8 Å². The highest BCUT2D eigenvalue weighted by Crippen LogP contribution is 2.21. The molecule has 29 heavy (non-hydrogen) atoms. The quantitative estimate of drug-likeness (QED) is 0.594. The molecule has 7 nitrogen and oxygen atoms in total. The minimum absolute atomic E-state index is 0.132. The summed E-state index contributed by atoms with van der Waals surface area (Å²) in [7, 11) is 0. The van der Waals surface area contributed by atoms with Gasteiger partial charge in [-0.2, -0.15) is 0 Å². The molecule has 1 heterocycles. The van der Waals surface area contributed by atoms with Crippen LogP contribution in [0.1, 0.15) is 12.5 Å². The molecule has 150 valence electrons. The van der Waals surface area contributed by atoms with Crippen molar-refractivity contribution in [1.29, 1.82) is 0 Å². The molecule has 0 bridgehead atoms. The van der Waals surface area contributed by atoms with E-state index in [9.17, 15) is 9.59 Å². The van der Waals surface area contributed by atoms with Gasteiger partial charge in [-0.3, -0.25) is 9.59 Å². The summed E-state index contributed by atoms with van der Waals surface area (Å²) in [6, 6.07) is 15.1. The summed E-state index contributed by atoms with van der Waals surface area (Å²) in [5.74, 6) is 0.864. The van der Waals surface area contributed by atoms with Crippen LogP contribution in [0.25, 0.3) is 11.4 Å². The minimum atomic E-state index is -0.160. The lowest BCUT2D eigenvalue weighted by molar-refractivity contribution is -0.114. The fourth-order valence-electron chi connectivity index (χ4n) is 2.71. The van der Waals surface area contributed by atoms with Gasteiger partial charge in [-0.1, -0.05) is 29.8 Å². The third-order valence-electron chi connectivity index (χ3n) is 4.16.